The van der Waals surface area contributed by atoms with Gasteiger partial charge in [-0.1, -0.05) is 60.7 Å². The number of rotatable bonds is 6. The van der Waals surface area contributed by atoms with Crippen molar-refractivity contribution in [3.8, 4) is 0 Å². The predicted octanol–water partition coefficient (Wildman–Crippen LogP) is 4.91. The lowest BCUT2D eigenvalue weighted by Gasteiger charge is -2.04. The van der Waals surface area contributed by atoms with Crippen molar-refractivity contribution in [3.05, 3.63) is 76.9 Å². The molecular formula is C20H22O. The molecule has 0 saturated heterocycles. The summed E-state index contributed by atoms with van der Waals surface area (Å²) in [5.74, 6) is 0.293. The van der Waals surface area contributed by atoms with Crippen molar-refractivity contribution >= 4 is 11.9 Å². The number of carbonyl (C=O) groups excluding carboxylic acids is 1. The lowest BCUT2D eigenvalue weighted by molar-refractivity contribution is -0.118. The molecule has 21 heavy (non-hydrogen) atoms. The molecule has 0 radical (unpaired) electrons. The fourth-order valence-electron chi connectivity index (χ4n) is 2.43. The monoisotopic (exact) mass is 278 g/mol. The van der Waals surface area contributed by atoms with E-state index in [0.29, 0.717) is 18.6 Å². The van der Waals surface area contributed by atoms with Crippen LogP contribution in [0.25, 0.3) is 6.08 Å². The smallest absolute Gasteiger partial charge is 0.136 e. The zero-order valence-corrected chi connectivity index (χ0v) is 12.8. The van der Waals surface area contributed by atoms with Gasteiger partial charge in [0.25, 0.3) is 0 Å². The van der Waals surface area contributed by atoms with Gasteiger partial charge in [-0.15, -0.1) is 0 Å². The zero-order chi connectivity index (χ0) is 15.1. The normalized spacial score (nSPS) is 11.0. The highest BCUT2D eigenvalue weighted by Crippen LogP contribution is 2.15. The molecule has 2 aromatic carbocycles. The summed E-state index contributed by atoms with van der Waals surface area (Å²) in [6.45, 7) is 4.20. The van der Waals surface area contributed by atoms with Crippen LogP contribution in [0.2, 0.25) is 0 Å². The summed E-state index contributed by atoms with van der Waals surface area (Å²) >= 11 is 0. The average Bonchev–Trinajstić information content (AvgIpc) is 2.49. The maximum atomic E-state index is 11.9. The van der Waals surface area contributed by atoms with Crippen molar-refractivity contribution in [1.82, 2.24) is 0 Å². The third-order valence-electron chi connectivity index (χ3n) is 3.71. The van der Waals surface area contributed by atoms with Gasteiger partial charge >= 0.3 is 0 Å². The first-order chi connectivity index (χ1) is 10.2. The zero-order valence-electron chi connectivity index (χ0n) is 12.8. The maximum absolute atomic E-state index is 11.9. The van der Waals surface area contributed by atoms with Gasteiger partial charge in [0, 0.05) is 12.8 Å². The van der Waals surface area contributed by atoms with E-state index in [4.69, 9.17) is 0 Å². The number of Topliss-reactive ketones (excluding diaryl/α,β-unsaturated/α-hetero) is 1. The topological polar surface area (TPSA) is 17.1 Å². The van der Waals surface area contributed by atoms with Crippen molar-refractivity contribution in [2.24, 2.45) is 0 Å². The highest BCUT2D eigenvalue weighted by Gasteiger charge is 2.01. The van der Waals surface area contributed by atoms with Gasteiger partial charge in [0.15, 0.2) is 0 Å². The Morgan fingerprint density at radius 1 is 0.952 bits per heavy atom. The second kappa shape index (κ2) is 7.58. The van der Waals surface area contributed by atoms with Crippen molar-refractivity contribution in [1.29, 1.82) is 0 Å². The molecule has 0 unspecified atom stereocenters. The quantitative estimate of drug-likeness (QED) is 0.734. The third kappa shape index (κ3) is 4.71. The summed E-state index contributed by atoms with van der Waals surface area (Å²) < 4.78 is 0. The maximum Gasteiger partial charge on any atom is 0.136 e. The number of allylic oxidation sites excluding steroid dienone is 1. The van der Waals surface area contributed by atoms with E-state index >= 15 is 0 Å². The Balaban J connectivity index is 1.85. The van der Waals surface area contributed by atoms with Crippen LogP contribution in [0.3, 0.4) is 0 Å². The summed E-state index contributed by atoms with van der Waals surface area (Å²) in [6.07, 6.45) is 6.02. The first-order valence-corrected chi connectivity index (χ1v) is 7.45. The lowest BCUT2D eigenvalue weighted by Crippen LogP contribution is -1.98. The summed E-state index contributed by atoms with van der Waals surface area (Å²) in [6, 6.07) is 16.4. The standard InChI is InChI=1S/C20H22O/c1-16-8-6-9-17(2)20(16)13-7-12-19(21)15-14-18-10-4-3-5-11-18/h3-11,13H,12,14-15H2,1-2H3/b13-7+. The van der Waals surface area contributed by atoms with Crippen molar-refractivity contribution in [2.75, 3.05) is 0 Å². The molecule has 0 heterocycles. The molecule has 1 nitrogen and oxygen atoms in total. The molecular weight excluding hydrogens is 256 g/mol. The van der Waals surface area contributed by atoms with E-state index in [1.54, 1.807) is 0 Å². The summed E-state index contributed by atoms with van der Waals surface area (Å²) in [4.78, 5) is 11.9. The second-order valence-corrected chi connectivity index (χ2v) is 5.44. The van der Waals surface area contributed by atoms with Gasteiger partial charge in [-0.3, -0.25) is 4.79 Å². The van der Waals surface area contributed by atoms with Crippen LogP contribution in [0, 0.1) is 13.8 Å². The van der Waals surface area contributed by atoms with Gasteiger partial charge in [0.2, 0.25) is 0 Å². The molecule has 0 amide bonds. The van der Waals surface area contributed by atoms with Crippen molar-refractivity contribution in [3.63, 3.8) is 0 Å². The minimum absolute atomic E-state index is 0.293. The number of ketones is 1. The van der Waals surface area contributed by atoms with Gasteiger partial charge < -0.3 is 0 Å². The molecule has 0 aliphatic carbocycles. The SMILES string of the molecule is Cc1cccc(C)c1/C=C/CC(=O)CCc1ccccc1. The van der Waals surface area contributed by atoms with Crippen LogP contribution in [0.1, 0.15) is 35.1 Å². The number of aryl methyl sites for hydroxylation is 3. The number of hydrogen-bond acceptors (Lipinski definition) is 1. The van der Waals surface area contributed by atoms with Crippen LogP contribution in [-0.4, -0.2) is 5.78 Å². The largest absolute Gasteiger partial charge is 0.299 e. The number of hydrogen-bond donors (Lipinski definition) is 0. The van der Waals surface area contributed by atoms with E-state index in [9.17, 15) is 4.79 Å². The van der Waals surface area contributed by atoms with Crippen LogP contribution in [0.5, 0.6) is 0 Å². The predicted molar refractivity (Wildman–Crippen MR) is 89.3 cm³/mol. The Morgan fingerprint density at radius 2 is 1.62 bits per heavy atom. The Kier molecular flexibility index (Phi) is 5.51. The van der Waals surface area contributed by atoms with E-state index in [1.165, 1.54) is 22.3 Å². The molecule has 0 aliphatic heterocycles. The molecule has 0 aliphatic rings. The fraction of sp³-hybridized carbons (Fsp3) is 0.250. The van der Waals surface area contributed by atoms with Crippen LogP contribution in [0.4, 0.5) is 0 Å². The van der Waals surface area contributed by atoms with Crippen LogP contribution >= 0.6 is 0 Å². The van der Waals surface area contributed by atoms with Crippen LogP contribution in [0.15, 0.2) is 54.6 Å². The molecule has 1 heteroatoms. The molecule has 0 atom stereocenters. The van der Waals surface area contributed by atoms with Gasteiger partial charge in [-0.05, 0) is 42.5 Å². The van der Waals surface area contributed by atoms with Gasteiger partial charge in [0.05, 0.1) is 0 Å². The van der Waals surface area contributed by atoms with Crippen LogP contribution in [-0.2, 0) is 11.2 Å². The number of benzene rings is 2. The average molecular weight is 278 g/mol. The Hall–Kier alpha value is -2.15. The van der Waals surface area contributed by atoms with Gasteiger partial charge in [-0.25, -0.2) is 0 Å². The molecule has 0 bridgehead atoms. The molecule has 0 aromatic heterocycles. The molecule has 2 rings (SSSR count). The van der Waals surface area contributed by atoms with E-state index in [0.717, 1.165) is 6.42 Å². The summed E-state index contributed by atoms with van der Waals surface area (Å²) in [7, 11) is 0. The molecule has 2 aromatic rings. The van der Waals surface area contributed by atoms with E-state index < -0.39 is 0 Å². The molecule has 0 fully saturated rings. The third-order valence-corrected chi connectivity index (χ3v) is 3.71. The fourth-order valence-corrected chi connectivity index (χ4v) is 2.43. The Bertz CT molecular complexity index is 603. The molecule has 0 N–H and O–H groups in total. The second-order valence-electron chi connectivity index (χ2n) is 5.44. The van der Waals surface area contributed by atoms with Gasteiger partial charge in [0.1, 0.15) is 5.78 Å². The van der Waals surface area contributed by atoms with Gasteiger partial charge in [-0.2, -0.15) is 0 Å². The molecule has 0 saturated carbocycles. The highest BCUT2D eigenvalue weighted by atomic mass is 16.1. The lowest BCUT2D eigenvalue weighted by atomic mass is 10.0. The molecule has 108 valence electrons. The van der Waals surface area contributed by atoms with E-state index in [1.807, 2.05) is 24.3 Å². The minimum atomic E-state index is 0.293. The Labute approximate surface area is 127 Å². The van der Waals surface area contributed by atoms with Crippen molar-refractivity contribution < 1.29 is 4.79 Å². The summed E-state index contributed by atoms with van der Waals surface area (Å²) in [5.41, 5.74) is 4.96. The minimum Gasteiger partial charge on any atom is -0.299 e. The Morgan fingerprint density at radius 3 is 2.29 bits per heavy atom. The molecule has 0 spiro atoms. The summed E-state index contributed by atoms with van der Waals surface area (Å²) in [5, 5.41) is 0. The first kappa shape index (κ1) is 15.2. The van der Waals surface area contributed by atoms with E-state index in [2.05, 4.69) is 50.3 Å². The first-order valence-electron chi connectivity index (χ1n) is 7.45. The van der Waals surface area contributed by atoms with Crippen LogP contribution < -0.4 is 0 Å². The van der Waals surface area contributed by atoms with E-state index in [-0.39, 0.29) is 0 Å². The highest BCUT2D eigenvalue weighted by molar-refractivity contribution is 5.81. The van der Waals surface area contributed by atoms with Crippen molar-refractivity contribution in [2.45, 2.75) is 33.1 Å². The number of carbonyl (C=O) groups is 1.